The van der Waals surface area contributed by atoms with Gasteiger partial charge in [0.15, 0.2) is 5.78 Å². The van der Waals surface area contributed by atoms with Gasteiger partial charge in [0.1, 0.15) is 58.8 Å². The number of allylic oxidation sites excluding steroid dienone is 2. The van der Waals surface area contributed by atoms with Gasteiger partial charge in [0.2, 0.25) is 35.4 Å². The van der Waals surface area contributed by atoms with Crippen LogP contribution in [0.15, 0.2) is 16.3 Å². The van der Waals surface area contributed by atoms with E-state index in [-0.39, 0.29) is 125 Å². The zero-order valence-corrected chi connectivity index (χ0v) is 52.8. The van der Waals surface area contributed by atoms with Gasteiger partial charge in [-0.05, 0) is 138 Å². The molecule has 85 heavy (non-hydrogen) atoms. The normalized spacial score (nSPS) is 16.2. The maximum absolute atomic E-state index is 14.6. The number of hydrogen-bond acceptors (Lipinski definition) is 18. The summed E-state index contributed by atoms with van der Waals surface area (Å²) in [7, 11) is 0. The molecule has 1 rings (SSSR count). The Hall–Kier alpha value is -7.10. The molecule has 0 fully saturated rings. The summed E-state index contributed by atoms with van der Waals surface area (Å²) < 4.78 is 15.9. The second kappa shape index (κ2) is 34.8. The van der Waals surface area contributed by atoms with E-state index in [9.17, 15) is 63.0 Å². The van der Waals surface area contributed by atoms with Crippen LogP contribution in [0.3, 0.4) is 0 Å². The predicted octanol–water partition coefficient (Wildman–Crippen LogP) is 2.54. The summed E-state index contributed by atoms with van der Waals surface area (Å²) in [6.07, 6.45) is -3.15. The lowest BCUT2D eigenvalue weighted by atomic mass is 9.76. The maximum Gasteiger partial charge on any atom is 0.407 e. The molecule has 0 aromatic heterocycles. The van der Waals surface area contributed by atoms with E-state index in [0.29, 0.717) is 0 Å². The molecule has 0 heterocycles. The Bertz CT molecular complexity index is 2390. The number of ether oxygens (including phenoxy) is 3. The number of carbonyl (C=O) groups excluding carboxylic acids is 10. The van der Waals surface area contributed by atoms with Gasteiger partial charge in [0, 0.05) is 44.7 Å². The molecule has 15 N–H and O–H groups in total. The summed E-state index contributed by atoms with van der Waals surface area (Å²) in [5.41, 5.74) is 8.99. The molecule has 0 aliphatic heterocycles. The first-order chi connectivity index (χ1) is 39.0. The molecule has 0 radical (unpaired) electrons. The lowest BCUT2D eigenvalue weighted by Crippen LogP contribution is -2.60. The molecule has 484 valence electrons. The van der Waals surface area contributed by atoms with Crippen molar-refractivity contribution in [3.8, 4) is 0 Å². The molecule has 0 saturated heterocycles. The second-order valence-corrected chi connectivity index (χ2v) is 25.8. The summed E-state index contributed by atoms with van der Waals surface area (Å²) in [5, 5.41) is 43.7. The summed E-state index contributed by atoms with van der Waals surface area (Å²) in [6.45, 7) is 26.2. The molecule has 0 unspecified atom stereocenters. The molecule has 28 nitrogen and oxygen atoms in total. The average Bonchev–Trinajstić information content (AvgIpc) is 3.39. The van der Waals surface area contributed by atoms with E-state index < -0.39 is 124 Å². The van der Waals surface area contributed by atoms with Crippen molar-refractivity contribution in [2.45, 2.75) is 228 Å². The van der Waals surface area contributed by atoms with Gasteiger partial charge in [-0.1, -0.05) is 41.5 Å². The number of amides is 9. The van der Waals surface area contributed by atoms with Crippen molar-refractivity contribution < 1.29 is 77.2 Å². The third kappa shape index (κ3) is 31.6. The number of nitrogens with zero attached hydrogens (tertiary/aromatic N) is 1. The van der Waals surface area contributed by atoms with Crippen molar-refractivity contribution in [1.82, 2.24) is 47.9 Å². The van der Waals surface area contributed by atoms with E-state index in [1.165, 1.54) is 6.92 Å². The smallest absolute Gasteiger partial charge is 0.407 e. The fraction of sp³-hybridized carbons (Fsp3) is 0.754. The minimum Gasteiger partial charge on any atom is -0.511 e. The summed E-state index contributed by atoms with van der Waals surface area (Å²) in [5.74, 6) is -7.74. The first-order valence-electron chi connectivity index (χ1n) is 28.9. The van der Waals surface area contributed by atoms with Crippen LogP contribution in [0.1, 0.15) is 169 Å². The van der Waals surface area contributed by atoms with Gasteiger partial charge in [0.05, 0.1) is 11.6 Å². The third-order valence-electron chi connectivity index (χ3n) is 12.3. The Morgan fingerprint density at radius 3 is 1.24 bits per heavy atom. The van der Waals surface area contributed by atoms with Crippen LogP contribution in [0.2, 0.25) is 0 Å². The van der Waals surface area contributed by atoms with Crippen LogP contribution in [0.25, 0.3) is 0 Å². The number of carboxylic acid groups (broad SMARTS) is 1. The third-order valence-corrected chi connectivity index (χ3v) is 12.3. The monoisotopic (exact) mass is 1210 g/mol. The number of hydrogen-bond donors (Lipinski definition) is 13. The van der Waals surface area contributed by atoms with Crippen LogP contribution in [-0.4, -0.2) is 173 Å². The fourth-order valence-electron chi connectivity index (χ4n) is 8.46. The van der Waals surface area contributed by atoms with Crippen LogP contribution >= 0.6 is 0 Å². The summed E-state index contributed by atoms with van der Waals surface area (Å²) in [6, 6.07) is -9.96. The van der Waals surface area contributed by atoms with Gasteiger partial charge in [-0.15, -0.1) is 0 Å². The van der Waals surface area contributed by atoms with Gasteiger partial charge in [-0.2, -0.15) is 0 Å². The highest BCUT2D eigenvalue weighted by Crippen LogP contribution is 2.36. The molecule has 0 bridgehead atoms. The molecule has 28 heteroatoms. The lowest BCUT2D eigenvalue weighted by molar-refractivity contribution is -0.142. The largest absolute Gasteiger partial charge is 0.511 e. The number of nitrogens with two attached hydrogens (primary N) is 2. The highest BCUT2D eigenvalue weighted by atomic mass is 16.6. The van der Waals surface area contributed by atoms with Gasteiger partial charge in [-0.3, -0.25) is 38.6 Å². The minimum atomic E-state index is -1.55. The van der Waals surface area contributed by atoms with Crippen LogP contribution in [-0.2, 0) is 52.6 Å². The second-order valence-electron chi connectivity index (χ2n) is 25.8. The van der Waals surface area contributed by atoms with Crippen molar-refractivity contribution in [1.29, 1.82) is 0 Å². The number of rotatable bonds is 32. The zero-order valence-electron chi connectivity index (χ0n) is 52.8. The Balaban J connectivity index is 3.75. The van der Waals surface area contributed by atoms with Gasteiger partial charge in [-0.25, -0.2) is 19.2 Å². The number of aliphatic hydroxyl groups excluding tert-OH is 1. The van der Waals surface area contributed by atoms with E-state index in [1.807, 2.05) is 13.8 Å². The van der Waals surface area contributed by atoms with Crippen LogP contribution in [0.5, 0.6) is 0 Å². The zero-order chi connectivity index (χ0) is 65.4. The van der Waals surface area contributed by atoms with Gasteiger partial charge in [0.25, 0.3) is 0 Å². The Kier molecular flexibility index (Phi) is 31.0. The molecule has 9 amide bonds. The van der Waals surface area contributed by atoms with E-state index in [4.69, 9.17) is 25.7 Å². The van der Waals surface area contributed by atoms with Crippen LogP contribution < -0.4 is 59.3 Å². The fourth-order valence-corrected chi connectivity index (χ4v) is 8.46. The first-order valence-corrected chi connectivity index (χ1v) is 28.9. The number of alkyl carbamates (subject to hydrolysis) is 3. The molecular weight excluding hydrogens is 1110 g/mol. The van der Waals surface area contributed by atoms with E-state index in [2.05, 4.69) is 52.8 Å². The Labute approximate surface area is 500 Å². The van der Waals surface area contributed by atoms with Crippen LogP contribution in [0, 0.1) is 17.3 Å². The van der Waals surface area contributed by atoms with E-state index >= 15 is 0 Å². The number of Topliss-reactive ketones (excluding diaryl/α,β-unsaturated/α-hetero) is 1. The van der Waals surface area contributed by atoms with Crippen molar-refractivity contribution in [3.05, 3.63) is 11.3 Å². The topological polar surface area (TPSA) is 429 Å². The molecule has 7 atom stereocenters. The van der Waals surface area contributed by atoms with E-state index in [1.54, 1.807) is 90.0 Å². The van der Waals surface area contributed by atoms with Gasteiger partial charge < -0.3 is 83.7 Å². The number of nitrogens with one attached hydrogen (secondary N) is 9. The maximum atomic E-state index is 14.6. The predicted molar refractivity (Wildman–Crippen MR) is 317 cm³/mol. The standard InChI is InChI=1S/C57H100N12O16/c1-31(2)27-39(48(76)66-36(20-25-62-52(81)84-55(9,10)11)46(74)67-38(17-22-58)50(78)79)69-49(77)40(28-32(3)4)68-47(75)37(21-26-63-53(82)85-56(12,13)14)65-45(73)35(64-44(72)34(59)18-23-61-51(80)83-54(6,7)8)19-24-60-33(5)43-41(70)29-57(15,16)30-42(43)71/h31-32,34-40,70H,17-30,58-59H2,1-16H3,(H,61,80)(H,62,81)(H,63,82)(H,64,72)(H,65,73)(H,66,76)(H,67,74)(H,68,75)(H,69,77)(H,78,79)/t34-,35-,36-,37-,38-,39-,40+/m0/s1. The molecule has 0 spiro atoms. The Morgan fingerprint density at radius 2 is 0.882 bits per heavy atom. The van der Waals surface area contributed by atoms with Gasteiger partial charge >= 0.3 is 24.2 Å². The molecule has 0 saturated carbocycles. The number of carbonyl (C=O) groups is 11. The highest BCUT2D eigenvalue weighted by Gasteiger charge is 2.37. The minimum absolute atomic E-state index is 0.00179. The first kappa shape index (κ1) is 75.9. The number of aliphatic imine (C=N–C) groups is 1. The number of aliphatic carboxylic acids is 1. The van der Waals surface area contributed by atoms with Crippen molar-refractivity contribution in [2.75, 3.05) is 32.7 Å². The average molecular weight is 1210 g/mol. The molecule has 1 aliphatic rings. The number of ketones is 1. The summed E-state index contributed by atoms with van der Waals surface area (Å²) in [4.78, 5) is 152. The lowest BCUT2D eigenvalue weighted by Gasteiger charge is -2.29. The summed E-state index contributed by atoms with van der Waals surface area (Å²) >= 11 is 0. The van der Waals surface area contributed by atoms with Crippen molar-refractivity contribution in [3.63, 3.8) is 0 Å². The Morgan fingerprint density at radius 1 is 0.541 bits per heavy atom. The van der Waals surface area contributed by atoms with Crippen molar-refractivity contribution in [2.24, 2.45) is 33.7 Å². The SMILES string of the molecule is CC(=NCC[C@H](NC(=O)[C@@H](N)CCNC(=O)OC(C)(C)C)C(=O)N[C@@H](CCNC(=O)OC(C)(C)C)C(=O)N[C@H](CC(C)C)C(=O)N[C@@H](CC(C)C)C(=O)N[C@@H](CCNC(=O)OC(C)(C)C)C(=O)N[C@@H](CCN)C(=O)O)C1=C(O)CC(C)(C)CC1=O. The molecule has 1 aliphatic carbocycles. The molecule has 0 aromatic carbocycles. The number of carboxylic acids is 1. The molecule has 0 aromatic rings. The quantitative estimate of drug-likeness (QED) is 0.0340. The van der Waals surface area contributed by atoms with E-state index in [0.717, 1.165) is 0 Å². The number of aliphatic hydroxyl groups is 1. The highest BCUT2D eigenvalue weighted by molar-refractivity contribution is 6.22. The van der Waals surface area contributed by atoms with Crippen LogP contribution in [0.4, 0.5) is 14.4 Å². The van der Waals surface area contributed by atoms with Crippen molar-refractivity contribution >= 4 is 71.2 Å². The molecular formula is C57H100N12O16.